The minimum absolute atomic E-state index is 0.112. The first kappa shape index (κ1) is 18.3. The highest BCUT2D eigenvalue weighted by atomic mass is 32.2. The van der Waals surface area contributed by atoms with Crippen molar-refractivity contribution in [2.45, 2.75) is 32.0 Å². The summed E-state index contributed by atoms with van der Waals surface area (Å²) in [6, 6.07) is 1.57. The number of esters is 1. The van der Waals surface area contributed by atoms with Crippen molar-refractivity contribution < 1.29 is 36.7 Å². The Hall–Kier alpha value is -2.53. The van der Waals surface area contributed by atoms with Crippen molar-refractivity contribution >= 4 is 28.1 Å². The smallest absolute Gasteiger partial charge is 0.362 e. The third-order valence-corrected chi connectivity index (χ3v) is 5.71. The minimum atomic E-state index is -4.61. The summed E-state index contributed by atoms with van der Waals surface area (Å²) in [6.45, 7) is 1.77. The van der Waals surface area contributed by atoms with E-state index in [2.05, 4.69) is 0 Å². The molecule has 1 aromatic rings. The van der Waals surface area contributed by atoms with E-state index in [0.29, 0.717) is 15.6 Å². The summed E-state index contributed by atoms with van der Waals surface area (Å²) in [5.74, 6) is -1.71. The molecule has 2 aliphatic heterocycles. The number of methoxy groups -OCH3 is 1. The summed E-state index contributed by atoms with van der Waals surface area (Å²) < 4.78 is 38.2. The molecule has 10 nitrogen and oxygen atoms in total. The van der Waals surface area contributed by atoms with Gasteiger partial charge in [0.25, 0.3) is 11.8 Å². The van der Waals surface area contributed by atoms with Gasteiger partial charge in [-0.3, -0.25) is 14.1 Å². The number of amides is 2. The summed E-state index contributed by atoms with van der Waals surface area (Å²) in [5.41, 5.74) is 0.849. The summed E-state index contributed by atoms with van der Waals surface area (Å²) in [7, 11) is -3.35. The number of nitrogens with zero attached hydrogens (tertiary/aromatic N) is 3. The van der Waals surface area contributed by atoms with Gasteiger partial charge in [0, 0.05) is 19.5 Å². The second-order valence-electron chi connectivity index (χ2n) is 6.13. The Kier molecular flexibility index (Phi) is 4.44. The van der Waals surface area contributed by atoms with Crippen molar-refractivity contribution in [3.05, 3.63) is 29.6 Å². The Morgan fingerprint density at radius 3 is 2.73 bits per heavy atom. The number of likely N-dealkylation sites (tertiary alicyclic amines) is 1. The summed E-state index contributed by atoms with van der Waals surface area (Å²) in [4.78, 5) is 37.7. The van der Waals surface area contributed by atoms with Crippen molar-refractivity contribution in [1.82, 2.24) is 9.21 Å². The molecule has 0 radical (unpaired) electrons. The maximum Gasteiger partial charge on any atom is 0.362 e. The second kappa shape index (κ2) is 6.32. The number of carbonyl (C=O) groups is 3. The number of rotatable bonds is 4. The third-order valence-electron chi connectivity index (χ3n) is 4.77. The average Bonchev–Trinajstić information content (AvgIpc) is 2.93. The van der Waals surface area contributed by atoms with Crippen molar-refractivity contribution in [2.24, 2.45) is 0 Å². The Bertz CT molecular complexity index is 899. The highest BCUT2D eigenvalue weighted by Crippen LogP contribution is 2.35. The molecule has 3 heterocycles. The Morgan fingerprint density at radius 1 is 1.42 bits per heavy atom. The van der Waals surface area contributed by atoms with Crippen LogP contribution in [0.1, 0.15) is 22.5 Å². The average molecular weight is 384 g/mol. The van der Waals surface area contributed by atoms with Crippen LogP contribution in [0.5, 0.6) is 0 Å². The van der Waals surface area contributed by atoms with E-state index in [9.17, 15) is 22.8 Å². The van der Waals surface area contributed by atoms with Crippen molar-refractivity contribution in [3.8, 4) is 0 Å². The van der Waals surface area contributed by atoms with Gasteiger partial charge in [-0.2, -0.15) is 13.0 Å². The van der Waals surface area contributed by atoms with Gasteiger partial charge in [0.05, 0.1) is 13.2 Å². The predicted molar refractivity (Wildman–Crippen MR) is 85.0 cm³/mol. The van der Waals surface area contributed by atoms with Crippen LogP contribution in [0.25, 0.3) is 0 Å². The van der Waals surface area contributed by atoms with E-state index in [1.165, 1.54) is 12.0 Å². The van der Waals surface area contributed by atoms with Crippen molar-refractivity contribution in [2.75, 3.05) is 13.7 Å². The topological polar surface area (TPSA) is 125 Å². The molecule has 2 saturated heterocycles. The summed E-state index contributed by atoms with van der Waals surface area (Å²) >= 11 is 0. The van der Waals surface area contributed by atoms with E-state index in [4.69, 9.17) is 9.29 Å². The molecule has 0 unspecified atom stereocenters. The summed E-state index contributed by atoms with van der Waals surface area (Å²) in [5, 5.41) is 0. The van der Waals surface area contributed by atoms with Gasteiger partial charge in [0.2, 0.25) is 6.54 Å². The molecule has 0 aromatic carbocycles. The van der Waals surface area contributed by atoms with Gasteiger partial charge in [-0.25, -0.2) is 9.10 Å². The molecule has 26 heavy (non-hydrogen) atoms. The Balaban J connectivity index is 1.77. The van der Waals surface area contributed by atoms with Gasteiger partial charge in [0.1, 0.15) is 11.6 Å². The fourth-order valence-corrected chi connectivity index (χ4v) is 4.36. The molecule has 1 aromatic heterocycles. The van der Waals surface area contributed by atoms with Crippen LogP contribution in [0.4, 0.5) is 0 Å². The van der Waals surface area contributed by atoms with Crippen molar-refractivity contribution in [1.29, 1.82) is 0 Å². The molecule has 3 rings (SSSR count). The molecule has 0 bridgehead atoms. The van der Waals surface area contributed by atoms with E-state index in [-0.39, 0.29) is 25.4 Å². The molecule has 0 aliphatic carbocycles. The molecule has 2 fully saturated rings. The molecular weight excluding hydrogens is 366 g/mol. The molecule has 1 N–H and O–H groups in total. The number of aromatic nitrogens is 1. The van der Waals surface area contributed by atoms with E-state index in [0.717, 1.165) is 0 Å². The fourth-order valence-electron chi connectivity index (χ4n) is 3.46. The van der Waals surface area contributed by atoms with Crippen molar-refractivity contribution in [3.63, 3.8) is 0 Å². The Morgan fingerprint density at radius 2 is 2.12 bits per heavy atom. The van der Waals surface area contributed by atoms with Crippen LogP contribution in [-0.4, -0.2) is 65.7 Å². The predicted octanol–water partition coefficient (Wildman–Crippen LogP) is -1.32. The van der Waals surface area contributed by atoms with E-state index >= 15 is 0 Å². The number of ether oxygens (including phenoxy) is 1. The normalized spacial score (nSPS) is 22.0. The largest absolute Gasteiger partial charge is 0.465 e. The molecule has 0 spiro atoms. The van der Waals surface area contributed by atoms with Crippen LogP contribution >= 0.6 is 0 Å². The number of pyridine rings is 1. The zero-order chi connectivity index (χ0) is 19.2. The standard InChI is InChI=1S/C15H17N3O7S/c1-9-10(15(21)25-2)4-3-6-16(9)8-12(19)17-7-5-11-13(17)14(20)18(11)26(22,23)24/h3-4,6,11,13H,5,7-8H2,1-2H3/p+1/t11-,13+/m1/s1. The second-order valence-corrected chi connectivity index (χ2v) is 7.42. The first-order chi connectivity index (χ1) is 12.2. The van der Waals surface area contributed by atoms with Gasteiger partial charge in [-0.1, -0.05) is 0 Å². The van der Waals surface area contributed by atoms with Crippen LogP contribution < -0.4 is 4.57 Å². The Labute approximate surface area is 149 Å². The lowest BCUT2D eigenvalue weighted by Gasteiger charge is -2.42. The fraction of sp³-hybridized carbons (Fsp3) is 0.467. The number of hydrogen-bond acceptors (Lipinski definition) is 6. The number of fused-ring (bicyclic) bond motifs is 1. The number of hydrogen-bond donors (Lipinski definition) is 1. The lowest BCUT2D eigenvalue weighted by Crippen LogP contribution is -2.68. The van der Waals surface area contributed by atoms with Gasteiger partial charge >= 0.3 is 16.3 Å². The first-order valence-electron chi connectivity index (χ1n) is 7.84. The lowest BCUT2D eigenvalue weighted by molar-refractivity contribution is -0.691. The van der Waals surface area contributed by atoms with Gasteiger partial charge < -0.3 is 9.64 Å². The monoisotopic (exact) mass is 384 g/mol. The van der Waals surface area contributed by atoms with E-state index < -0.39 is 34.3 Å². The summed E-state index contributed by atoms with van der Waals surface area (Å²) in [6.07, 6.45) is 1.90. The number of β-lactam (4-membered cyclic amide) rings is 1. The van der Waals surface area contributed by atoms with Gasteiger partial charge in [-0.05, 0) is 12.5 Å². The van der Waals surface area contributed by atoms with Crippen LogP contribution in [0.15, 0.2) is 18.3 Å². The molecule has 2 atom stereocenters. The lowest BCUT2D eigenvalue weighted by atomic mass is 10.0. The maximum absolute atomic E-state index is 12.6. The number of carbonyl (C=O) groups excluding carboxylic acids is 3. The SMILES string of the molecule is COC(=O)c1ccc[n+](CC(=O)N2CC[C@@H]3[C@H]2C(=O)N3S(=O)(=O)O)c1C. The van der Waals surface area contributed by atoms with Crippen LogP contribution in [0.2, 0.25) is 0 Å². The zero-order valence-electron chi connectivity index (χ0n) is 14.2. The molecule has 2 amide bonds. The van der Waals surface area contributed by atoms with E-state index in [1.807, 2.05) is 0 Å². The molecule has 0 saturated carbocycles. The molecule has 2 aliphatic rings. The third kappa shape index (κ3) is 2.82. The van der Waals surface area contributed by atoms with Gasteiger partial charge in [0.15, 0.2) is 11.9 Å². The zero-order valence-corrected chi connectivity index (χ0v) is 15.0. The van der Waals surface area contributed by atoms with Crippen LogP contribution in [0.3, 0.4) is 0 Å². The van der Waals surface area contributed by atoms with E-state index in [1.54, 1.807) is 29.8 Å². The molecule has 140 valence electrons. The van der Waals surface area contributed by atoms with Crippen LogP contribution in [0, 0.1) is 6.92 Å². The van der Waals surface area contributed by atoms with Crippen LogP contribution in [-0.2, 0) is 31.2 Å². The first-order valence-corrected chi connectivity index (χ1v) is 9.24. The molecule has 11 heteroatoms. The maximum atomic E-state index is 12.6. The van der Waals surface area contributed by atoms with Gasteiger partial charge in [-0.15, -0.1) is 0 Å². The minimum Gasteiger partial charge on any atom is -0.465 e. The quantitative estimate of drug-likeness (QED) is 0.295. The highest BCUT2D eigenvalue weighted by Gasteiger charge is 2.60. The highest BCUT2D eigenvalue weighted by molar-refractivity contribution is 7.84. The molecular formula is C15H18N3O7S+.